The molecule has 2 aromatic carbocycles. The minimum Gasteiger partial charge on any atom is -0.441 e. The number of nitrogens with zero attached hydrogens (tertiary/aromatic N) is 2. The molecule has 170 valence electrons. The Morgan fingerprint density at radius 1 is 1.00 bits per heavy atom. The van der Waals surface area contributed by atoms with Crippen LogP contribution in [-0.2, 0) is 4.74 Å². The summed E-state index contributed by atoms with van der Waals surface area (Å²) in [6, 6.07) is 19.7. The fraction of sp³-hybridized carbons (Fsp3) is 0.370. The lowest BCUT2D eigenvalue weighted by atomic mass is 9.86. The first-order valence-corrected chi connectivity index (χ1v) is 11.6. The molecule has 1 atom stereocenters. The van der Waals surface area contributed by atoms with Crippen molar-refractivity contribution in [3.05, 3.63) is 78.0 Å². The lowest BCUT2D eigenvalue weighted by molar-refractivity contribution is 0.0663. The lowest BCUT2D eigenvalue weighted by Crippen LogP contribution is -2.46. The topological polar surface area (TPSA) is 71.5 Å². The van der Waals surface area contributed by atoms with Crippen LogP contribution in [0.5, 0.6) is 0 Å². The third-order valence-electron chi connectivity index (χ3n) is 6.92. The van der Waals surface area contributed by atoms with Crippen LogP contribution in [0, 0.1) is 0 Å². The van der Waals surface area contributed by atoms with Gasteiger partial charge in [-0.3, -0.25) is 14.7 Å². The summed E-state index contributed by atoms with van der Waals surface area (Å²) >= 11 is 0. The standard InChI is InChI=1S/C27H29N3O3/c1-27(2)24(19-8-4-3-5-9-19)30(26(32)33-27)21-15-13-20(14-16-21)29-25(31)22-12-6-10-18-11-7-17-28-23(18)22/h3-12,17,20-21,24H,13-16H2,1-2H3,(H,29,31)/t20-,21-,24-/m1/s1. The zero-order chi connectivity index (χ0) is 23.0. The number of hydrogen-bond acceptors (Lipinski definition) is 4. The van der Waals surface area contributed by atoms with E-state index in [0.717, 1.165) is 42.1 Å². The molecular formula is C27H29N3O3. The van der Waals surface area contributed by atoms with Crippen molar-refractivity contribution in [2.24, 2.45) is 0 Å². The monoisotopic (exact) mass is 443 g/mol. The molecule has 2 amide bonds. The summed E-state index contributed by atoms with van der Waals surface area (Å²) in [6.45, 7) is 3.96. The average Bonchev–Trinajstić information content (AvgIpc) is 3.07. The Labute approximate surface area is 194 Å². The number of benzene rings is 2. The first-order chi connectivity index (χ1) is 15.9. The highest BCUT2D eigenvalue weighted by atomic mass is 16.6. The molecule has 0 spiro atoms. The fourth-order valence-corrected chi connectivity index (χ4v) is 5.38. The predicted octanol–water partition coefficient (Wildman–Crippen LogP) is 5.25. The number of amides is 2. The van der Waals surface area contributed by atoms with Crippen LogP contribution < -0.4 is 5.32 Å². The van der Waals surface area contributed by atoms with Gasteiger partial charge in [0.25, 0.3) is 5.91 Å². The van der Waals surface area contributed by atoms with E-state index in [0.29, 0.717) is 5.56 Å². The summed E-state index contributed by atoms with van der Waals surface area (Å²) in [5.41, 5.74) is 1.82. The number of nitrogens with one attached hydrogen (secondary N) is 1. The van der Waals surface area contributed by atoms with Crippen LogP contribution in [0.3, 0.4) is 0 Å². The highest BCUT2D eigenvalue weighted by Crippen LogP contribution is 2.44. The number of hydrogen-bond donors (Lipinski definition) is 1. The molecule has 3 aromatic rings. The van der Waals surface area contributed by atoms with Gasteiger partial charge < -0.3 is 10.1 Å². The van der Waals surface area contributed by atoms with Crippen molar-refractivity contribution in [1.29, 1.82) is 0 Å². The number of para-hydroxylation sites is 1. The van der Waals surface area contributed by atoms with Gasteiger partial charge in [-0.2, -0.15) is 0 Å². The average molecular weight is 444 g/mol. The Balaban J connectivity index is 1.28. The minimum atomic E-state index is -0.592. The molecule has 6 nitrogen and oxygen atoms in total. The number of aromatic nitrogens is 1. The van der Waals surface area contributed by atoms with E-state index in [1.165, 1.54) is 0 Å². The van der Waals surface area contributed by atoms with Crippen molar-refractivity contribution in [1.82, 2.24) is 15.2 Å². The summed E-state index contributed by atoms with van der Waals surface area (Å²) in [5, 5.41) is 4.15. The van der Waals surface area contributed by atoms with Gasteiger partial charge >= 0.3 is 6.09 Å². The summed E-state index contributed by atoms with van der Waals surface area (Å²) in [5.74, 6) is -0.0911. The van der Waals surface area contributed by atoms with E-state index in [4.69, 9.17) is 4.74 Å². The number of ether oxygens (including phenoxy) is 1. The molecule has 0 radical (unpaired) electrons. The molecule has 0 bridgehead atoms. The van der Waals surface area contributed by atoms with Crippen LogP contribution in [0.4, 0.5) is 4.79 Å². The number of carbonyl (C=O) groups is 2. The second-order valence-electron chi connectivity index (χ2n) is 9.55. The normalized spacial score (nSPS) is 24.5. The summed E-state index contributed by atoms with van der Waals surface area (Å²) in [7, 11) is 0. The first-order valence-electron chi connectivity index (χ1n) is 11.6. The van der Waals surface area contributed by atoms with Crippen LogP contribution in [-0.4, -0.2) is 39.6 Å². The minimum absolute atomic E-state index is 0.0783. The number of pyridine rings is 1. The molecule has 6 heteroatoms. The van der Waals surface area contributed by atoms with E-state index in [9.17, 15) is 9.59 Å². The predicted molar refractivity (Wildman–Crippen MR) is 127 cm³/mol. The third kappa shape index (κ3) is 4.06. The van der Waals surface area contributed by atoms with Crippen molar-refractivity contribution in [2.45, 2.75) is 63.3 Å². The van der Waals surface area contributed by atoms with E-state index < -0.39 is 5.60 Å². The molecule has 2 fully saturated rings. The van der Waals surface area contributed by atoms with Crippen molar-refractivity contribution < 1.29 is 14.3 Å². The molecule has 2 aliphatic rings. The molecule has 1 aliphatic heterocycles. The number of carbonyl (C=O) groups excluding carboxylic acids is 2. The first kappa shape index (κ1) is 21.4. The summed E-state index contributed by atoms with van der Waals surface area (Å²) in [6.07, 6.45) is 4.76. The van der Waals surface area contributed by atoms with E-state index in [-0.39, 0.29) is 30.1 Å². The fourth-order valence-electron chi connectivity index (χ4n) is 5.38. The Kier molecular flexibility index (Phi) is 5.52. The van der Waals surface area contributed by atoms with Crippen LogP contribution in [0.1, 0.15) is 61.5 Å². The highest BCUT2D eigenvalue weighted by Gasteiger charge is 2.51. The van der Waals surface area contributed by atoms with Crippen molar-refractivity contribution in [3.8, 4) is 0 Å². The molecular weight excluding hydrogens is 414 g/mol. The third-order valence-corrected chi connectivity index (χ3v) is 6.92. The van der Waals surface area contributed by atoms with Gasteiger partial charge in [-0.1, -0.05) is 48.5 Å². The lowest BCUT2D eigenvalue weighted by Gasteiger charge is -2.38. The summed E-state index contributed by atoms with van der Waals surface area (Å²) < 4.78 is 5.78. The van der Waals surface area contributed by atoms with Gasteiger partial charge in [0.05, 0.1) is 17.1 Å². The zero-order valence-electron chi connectivity index (χ0n) is 19.0. The van der Waals surface area contributed by atoms with Crippen LogP contribution in [0.25, 0.3) is 10.9 Å². The molecule has 1 saturated heterocycles. The number of rotatable bonds is 4. The van der Waals surface area contributed by atoms with Crippen LogP contribution in [0.15, 0.2) is 66.9 Å². The van der Waals surface area contributed by atoms with Crippen LogP contribution >= 0.6 is 0 Å². The number of fused-ring (bicyclic) bond motifs is 1. The van der Waals surface area contributed by atoms with Gasteiger partial charge in [-0.25, -0.2) is 4.79 Å². The van der Waals surface area contributed by atoms with Crippen LogP contribution in [0.2, 0.25) is 0 Å². The molecule has 5 rings (SSSR count). The zero-order valence-corrected chi connectivity index (χ0v) is 19.0. The van der Waals surface area contributed by atoms with Crippen molar-refractivity contribution >= 4 is 22.9 Å². The smallest absolute Gasteiger partial charge is 0.411 e. The second-order valence-corrected chi connectivity index (χ2v) is 9.55. The number of cyclic esters (lactones) is 1. The maximum atomic E-state index is 13.0. The largest absolute Gasteiger partial charge is 0.441 e. The second kappa shape index (κ2) is 8.50. The van der Waals surface area contributed by atoms with E-state index in [1.54, 1.807) is 6.20 Å². The quantitative estimate of drug-likeness (QED) is 0.598. The maximum Gasteiger partial charge on any atom is 0.411 e. The van der Waals surface area contributed by atoms with E-state index >= 15 is 0 Å². The van der Waals surface area contributed by atoms with Gasteiger partial charge in [0.2, 0.25) is 0 Å². The Hall–Kier alpha value is -3.41. The van der Waals surface area contributed by atoms with Gasteiger partial charge in [-0.05, 0) is 57.2 Å². The SMILES string of the molecule is CC1(C)OC(=O)N([C@H]2CC[C@H](NC(=O)c3cccc4cccnc34)CC2)[C@@H]1c1ccccc1. The highest BCUT2D eigenvalue weighted by molar-refractivity contribution is 6.05. The van der Waals surface area contributed by atoms with Crippen molar-refractivity contribution in [3.63, 3.8) is 0 Å². The maximum absolute atomic E-state index is 13.0. The molecule has 1 saturated carbocycles. The Morgan fingerprint density at radius 3 is 2.48 bits per heavy atom. The van der Waals surface area contributed by atoms with Gasteiger partial charge in [0.1, 0.15) is 5.60 Å². The molecule has 1 aromatic heterocycles. The molecule has 0 unspecified atom stereocenters. The Bertz CT molecular complexity index is 1160. The molecule has 1 aliphatic carbocycles. The van der Waals surface area contributed by atoms with E-state index in [1.807, 2.05) is 67.3 Å². The molecule has 33 heavy (non-hydrogen) atoms. The summed E-state index contributed by atoms with van der Waals surface area (Å²) in [4.78, 5) is 32.2. The van der Waals surface area contributed by atoms with Gasteiger partial charge in [-0.15, -0.1) is 0 Å². The Morgan fingerprint density at radius 2 is 1.73 bits per heavy atom. The van der Waals surface area contributed by atoms with Crippen molar-refractivity contribution in [2.75, 3.05) is 0 Å². The molecule has 1 N–H and O–H groups in total. The molecule has 2 heterocycles. The van der Waals surface area contributed by atoms with Gasteiger partial charge in [0.15, 0.2) is 0 Å². The van der Waals surface area contributed by atoms with Gasteiger partial charge in [0, 0.05) is 23.7 Å². The van der Waals surface area contributed by atoms with E-state index in [2.05, 4.69) is 22.4 Å².